The van der Waals surface area contributed by atoms with Crippen LogP contribution in [0.1, 0.15) is 54.3 Å². The molecule has 5 nitrogen and oxygen atoms in total. The Bertz CT molecular complexity index is 850. The molecule has 28 heavy (non-hydrogen) atoms. The lowest BCUT2D eigenvalue weighted by Gasteiger charge is -2.50. The van der Waals surface area contributed by atoms with E-state index in [1.165, 1.54) is 47.3 Å². The highest BCUT2D eigenvalue weighted by Crippen LogP contribution is 2.42. The number of piperidine rings is 1. The highest BCUT2D eigenvalue weighted by molar-refractivity contribution is 5.45. The van der Waals surface area contributed by atoms with Gasteiger partial charge in [-0.25, -0.2) is 4.98 Å². The van der Waals surface area contributed by atoms with Gasteiger partial charge in [-0.15, -0.1) is 0 Å². The molecule has 0 unspecified atom stereocenters. The van der Waals surface area contributed by atoms with E-state index in [1.807, 2.05) is 13.4 Å². The van der Waals surface area contributed by atoms with Crippen LogP contribution in [0.3, 0.4) is 0 Å². The van der Waals surface area contributed by atoms with E-state index in [2.05, 4.69) is 33.8 Å². The van der Waals surface area contributed by atoms with Crippen molar-refractivity contribution >= 4 is 0 Å². The topological polar surface area (TPSA) is 44.4 Å². The minimum absolute atomic E-state index is 0.126. The molecular formula is C23H32N4O. The third-order valence-electron chi connectivity index (χ3n) is 7.35. The first-order valence-electron chi connectivity index (χ1n) is 10.9. The minimum atomic E-state index is 0.126. The molecule has 2 aromatic rings. The predicted molar refractivity (Wildman–Crippen MR) is 111 cm³/mol. The lowest BCUT2D eigenvalue weighted by Crippen LogP contribution is -2.56. The van der Waals surface area contributed by atoms with E-state index in [-0.39, 0.29) is 5.54 Å². The van der Waals surface area contributed by atoms with Crippen LogP contribution in [-0.4, -0.2) is 53.1 Å². The van der Waals surface area contributed by atoms with Gasteiger partial charge in [0.1, 0.15) is 5.75 Å². The fourth-order valence-electron chi connectivity index (χ4n) is 5.83. The highest BCUT2D eigenvalue weighted by Gasteiger charge is 2.45. The molecule has 0 bridgehead atoms. The molecule has 1 aromatic heterocycles. The summed E-state index contributed by atoms with van der Waals surface area (Å²) in [5, 5.41) is 0. The fourth-order valence-corrected chi connectivity index (χ4v) is 5.83. The number of H-pyrrole nitrogens is 1. The highest BCUT2D eigenvalue weighted by atomic mass is 16.5. The summed E-state index contributed by atoms with van der Waals surface area (Å²) in [5.74, 6) is 1.07. The van der Waals surface area contributed by atoms with Gasteiger partial charge >= 0.3 is 0 Å². The Morgan fingerprint density at radius 3 is 2.64 bits per heavy atom. The van der Waals surface area contributed by atoms with Gasteiger partial charge in [0.05, 0.1) is 24.7 Å². The summed E-state index contributed by atoms with van der Waals surface area (Å²) in [6, 6.07) is 4.70. The summed E-state index contributed by atoms with van der Waals surface area (Å²) in [5.41, 5.74) is 7.19. The number of nitrogens with zero attached hydrogens (tertiary/aromatic N) is 3. The van der Waals surface area contributed by atoms with Crippen molar-refractivity contribution in [2.75, 3.05) is 33.3 Å². The van der Waals surface area contributed by atoms with E-state index < -0.39 is 0 Å². The van der Waals surface area contributed by atoms with Gasteiger partial charge in [0.2, 0.25) is 0 Å². The van der Waals surface area contributed by atoms with E-state index >= 15 is 0 Å². The van der Waals surface area contributed by atoms with Crippen LogP contribution in [-0.2, 0) is 31.3 Å². The molecule has 1 N–H and O–H groups in total. The Morgan fingerprint density at radius 2 is 1.89 bits per heavy atom. The molecule has 5 rings (SSSR count). The smallest absolute Gasteiger partial charge is 0.123 e. The van der Waals surface area contributed by atoms with Crippen molar-refractivity contribution in [2.24, 2.45) is 0 Å². The molecule has 1 aromatic carbocycles. The quantitative estimate of drug-likeness (QED) is 0.884. The standard InChI is InChI=1S/C23H32N4O/c1-3-27-10-7-20-22(25-16-24-20)23(27)8-11-26(12-9-23)15-19-13-17-5-4-6-18(17)14-21(19)28-2/h13-14,16H,3-12,15H2,1-2H3,(H,24,25). The van der Waals surface area contributed by atoms with Crippen molar-refractivity contribution in [3.8, 4) is 5.75 Å². The van der Waals surface area contributed by atoms with E-state index in [4.69, 9.17) is 9.72 Å². The van der Waals surface area contributed by atoms with Crippen LogP contribution >= 0.6 is 0 Å². The van der Waals surface area contributed by atoms with Gasteiger partial charge < -0.3 is 9.72 Å². The summed E-state index contributed by atoms with van der Waals surface area (Å²) in [6.45, 7) is 7.76. The third-order valence-corrected chi connectivity index (χ3v) is 7.35. The monoisotopic (exact) mass is 380 g/mol. The SMILES string of the molecule is CCN1CCc2[nH]cnc2C12CCN(Cc1cc3c(cc1OC)CCC3)CC2. The van der Waals surface area contributed by atoms with Gasteiger partial charge in [-0.05, 0) is 55.8 Å². The molecule has 1 saturated heterocycles. The van der Waals surface area contributed by atoms with Crippen LogP contribution in [0.5, 0.6) is 5.75 Å². The fraction of sp³-hybridized carbons (Fsp3) is 0.609. The lowest BCUT2D eigenvalue weighted by atomic mass is 9.78. The number of ether oxygens (including phenoxy) is 1. The average Bonchev–Trinajstić information content (AvgIpc) is 3.38. The molecule has 150 valence electrons. The molecular weight excluding hydrogens is 348 g/mol. The maximum Gasteiger partial charge on any atom is 0.123 e. The second-order valence-electron chi connectivity index (χ2n) is 8.65. The van der Waals surface area contributed by atoms with Gasteiger partial charge in [-0.1, -0.05) is 13.0 Å². The van der Waals surface area contributed by atoms with Crippen LogP contribution in [0.15, 0.2) is 18.5 Å². The first kappa shape index (κ1) is 18.2. The second-order valence-corrected chi connectivity index (χ2v) is 8.65. The largest absolute Gasteiger partial charge is 0.496 e. The Hall–Kier alpha value is -1.85. The maximum absolute atomic E-state index is 5.74. The van der Waals surface area contributed by atoms with E-state index in [0.717, 1.165) is 57.7 Å². The zero-order chi connectivity index (χ0) is 19.1. The van der Waals surface area contributed by atoms with Crippen LogP contribution in [0.25, 0.3) is 0 Å². The zero-order valence-corrected chi connectivity index (χ0v) is 17.3. The number of rotatable bonds is 4. The molecule has 0 amide bonds. The van der Waals surface area contributed by atoms with Crippen molar-refractivity contribution in [1.82, 2.24) is 19.8 Å². The Kier molecular flexibility index (Phi) is 4.68. The van der Waals surface area contributed by atoms with Crippen LogP contribution in [0, 0.1) is 0 Å². The number of hydrogen-bond acceptors (Lipinski definition) is 4. The van der Waals surface area contributed by atoms with E-state index in [9.17, 15) is 0 Å². The minimum Gasteiger partial charge on any atom is -0.496 e. The van der Waals surface area contributed by atoms with E-state index in [0.29, 0.717) is 0 Å². The molecule has 3 heterocycles. The summed E-state index contributed by atoms with van der Waals surface area (Å²) < 4.78 is 5.74. The van der Waals surface area contributed by atoms with Crippen LogP contribution < -0.4 is 4.74 Å². The summed E-state index contributed by atoms with van der Waals surface area (Å²) >= 11 is 0. The summed E-state index contributed by atoms with van der Waals surface area (Å²) in [4.78, 5) is 13.4. The van der Waals surface area contributed by atoms with E-state index in [1.54, 1.807) is 0 Å². The number of methoxy groups -OCH3 is 1. The maximum atomic E-state index is 5.74. The number of fused-ring (bicyclic) bond motifs is 3. The van der Waals surface area contributed by atoms with Gasteiger partial charge in [0, 0.05) is 43.9 Å². The van der Waals surface area contributed by atoms with Gasteiger partial charge in [-0.2, -0.15) is 0 Å². The first-order chi connectivity index (χ1) is 13.7. The van der Waals surface area contributed by atoms with Crippen LogP contribution in [0.4, 0.5) is 0 Å². The molecule has 0 atom stereocenters. The molecule has 0 radical (unpaired) electrons. The third kappa shape index (κ3) is 2.87. The predicted octanol–water partition coefficient (Wildman–Crippen LogP) is 3.28. The second kappa shape index (κ2) is 7.20. The number of benzene rings is 1. The molecule has 1 spiro atoms. The van der Waals surface area contributed by atoms with Gasteiger partial charge in [-0.3, -0.25) is 9.80 Å². The van der Waals surface area contributed by atoms with Crippen molar-refractivity contribution in [1.29, 1.82) is 0 Å². The van der Waals surface area contributed by atoms with Crippen molar-refractivity contribution in [3.05, 3.63) is 46.5 Å². The Labute approximate surface area is 168 Å². The lowest BCUT2D eigenvalue weighted by molar-refractivity contribution is 0.00695. The molecule has 2 aliphatic heterocycles. The molecule has 1 fully saturated rings. The average molecular weight is 381 g/mol. The van der Waals surface area contributed by atoms with Gasteiger partial charge in [0.15, 0.2) is 0 Å². The van der Waals surface area contributed by atoms with Crippen molar-refractivity contribution < 1.29 is 4.74 Å². The van der Waals surface area contributed by atoms with Gasteiger partial charge in [0.25, 0.3) is 0 Å². The normalized spacial score (nSPS) is 21.6. The zero-order valence-electron chi connectivity index (χ0n) is 17.3. The number of aromatic nitrogens is 2. The Balaban J connectivity index is 1.34. The number of nitrogens with one attached hydrogen (secondary N) is 1. The number of hydrogen-bond donors (Lipinski definition) is 1. The first-order valence-corrected chi connectivity index (χ1v) is 10.9. The Morgan fingerprint density at radius 1 is 1.11 bits per heavy atom. The number of likely N-dealkylation sites (tertiary alicyclic amines) is 1. The van der Waals surface area contributed by atoms with Crippen molar-refractivity contribution in [2.45, 2.75) is 57.5 Å². The number of aromatic amines is 1. The number of aryl methyl sites for hydroxylation is 2. The van der Waals surface area contributed by atoms with Crippen molar-refractivity contribution in [3.63, 3.8) is 0 Å². The number of imidazole rings is 1. The molecule has 5 heteroatoms. The molecule has 3 aliphatic rings. The summed E-state index contributed by atoms with van der Waals surface area (Å²) in [6.07, 6.45) is 9.03. The number of likely N-dealkylation sites (N-methyl/N-ethyl adjacent to an activating group) is 1. The molecule has 0 saturated carbocycles. The molecule has 1 aliphatic carbocycles. The summed E-state index contributed by atoms with van der Waals surface area (Å²) in [7, 11) is 1.81. The van der Waals surface area contributed by atoms with Crippen LogP contribution in [0.2, 0.25) is 0 Å².